The minimum Gasteiger partial charge on any atom is -0.464 e. The Bertz CT molecular complexity index is 1650. The summed E-state index contributed by atoms with van der Waals surface area (Å²) in [6.45, 7) is 20.5. The zero-order chi connectivity index (χ0) is 66.7. The third kappa shape index (κ3) is 60.7. The first-order valence-corrected chi connectivity index (χ1v) is 41.5. The highest BCUT2D eigenvalue weighted by atomic mass is 33.1. The van der Waals surface area contributed by atoms with Crippen molar-refractivity contribution in [3.8, 4) is 0 Å². The van der Waals surface area contributed by atoms with E-state index in [0.29, 0.717) is 52.2 Å². The van der Waals surface area contributed by atoms with Gasteiger partial charge in [0.2, 0.25) is 0 Å². The van der Waals surface area contributed by atoms with Gasteiger partial charge >= 0.3 is 5.97 Å². The van der Waals surface area contributed by atoms with Crippen molar-refractivity contribution in [3.63, 3.8) is 0 Å². The second-order valence-electron chi connectivity index (χ2n) is 27.1. The van der Waals surface area contributed by atoms with Gasteiger partial charge in [0.1, 0.15) is 6.61 Å². The molecule has 5 atom stereocenters. The summed E-state index contributed by atoms with van der Waals surface area (Å²) in [6, 6.07) is 0.288. The lowest BCUT2D eigenvalue weighted by Gasteiger charge is -2.34. The van der Waals surface area contributed by atoms with E-state index in [9.17, 15) is 25.2 Å². The van der Waals surface area contributed by atoms with E-state index in [4.69, 9.17) is 4.74 Å². The van der Waals surface area contributed by atoms with Crippen molar-refractivity contribution in [1.29, 1.82) is 0 Å². The van der Waals surface area contributed by atoms with Gasteiger partial charge < -0.3 is 25.2 Å². The Balaban J connectivity index is 2.49. The van der Waals surface area contributed by atoms with E-state index in [1.807, 2.05) is 21.6 Å². The van der Waals surface area contributed by atoms with Crippen LogP contribution in [-0.4, -0.2) is 167 Å². The van der Waals surface area contributed by atoms with E-state index in [1.54, 1.807) is 0 Å². The molecule has 10 nitrogen and oxygen atoms in total. The molecular formula is C80H150N4O6S2. The largest absolute Gasteiger partial charge is 0.464 e. The molecule has 0 aromatic heterocycles. The minimum atomic E-state index is -0.412. The highest BCUT2D eigenvalue weighted by Gasteiger charge is 2.22. The van der Waals surface area contributed by atoms with Gasteiger partial charge in [0, 0.05) is 89.4 Å². The van der Waals surface area contributed by atoms with Gasteiger partial charge in [-0.25, -0.2) is 0 Å². The van der Waals surface area contributed by atoms with Crippen LogP contribution in [0.2, 0.25) is 0 Å². The molecule has 0 bridgehead atoms. The van der Waals surface area contributed by atoms with Crippen molar-refractivity contribution in [1.82, 2.24) is 19.6 Å². The number of hydrogen-bond donors (Lipinski definition) is 4. The Labute approximate surface area is 578 Å². The van der Waals surface area contributed by atoms with E-state index in [2.05, 4.69) is 127 Å². The van der Waals surface area contributed by atoms with Crippen LogP contribution >= 0.6 is 21.6 Å². The fourth-order valence-electron chi connectivity index (χ4n) is 12.3. The van der Waals surface area contributed by atoms with Crippen LogP contribution in [-0.2, 0) is 9.53 Å². The summed E-state index contributed by atoms with van der Waals surface area (Å²) in [6.07, 6.45) is 74.2. The van der Waals surface area contributed by atoms with Gasteiger partial charge in [0.25, 0.3) is 0 Å². The fourth-order valence-corrected chi connectivity index (χ4v) is 14.5. The molecule has 1 heterocycles. The molecule has 1 saturated heterocycles. The van der Waals surface area contributed by atoms with Crippen LogP contribution in [0.1, 0.15) is 311 Å². The normalized spacial score (nSPS) is 15.6. The second kappa shape index (κ2) is 69.2. The first-order chi connectivity index (χ1) is 45.1. The third-order valence-electron chi connectivity index (χ3n) is 18.3. The molecule has 538 valence electrons. The number of piperazine rings is 1. The molecule has 1 aliphatic heterocycles. The van der Waals surface area contributed by atoms with Crippen LogP contribution in [0.4, 0.5) is 0 Å². The summed E-state index contributed by atoms with van der Waals surface area (Å²) in [5.74, 6) is 1.98. The highest BCUT2D eigenvalue weighted by molar-refractivity contribution is 8.76. The van der Waals surface area contributed by atoms with Crippen LogP contribution in [0.15, 0.2) is 72.9 Å². The SMILES string of the molecule is CC/C=C\C/C=C\C/C=C\CCCCCCC(O)CN(CC(O)CCCCCC/C=C\C/C=C\C/C=C\CC)C(C)CCSSCCN1CCN(CCOC(=O)CCCN(CC(O)CCCCCCCCCCCC)CC(O)CCCCCCCCCCCC)CC1. The van der Waals surface area contributed by atoms with Crippen LogP contribution in [0.3, 0.4) is 0 Å². The number of unbranched alkanes of at least 4 members (excludes halogenated alkanes) is 26. The van der Waals surface area contributed by atoms with Crippen molar-refractivity contribution in [2.75, 3.05) is 90.1 Å². The van der Waals surface area contributed by atoms with Crippen LogP contribution < -0.4 is 0 Å². The maximum atomic E-state index is 13.0. The number of aliphatic hydroxyl groups excluding tert-OH is 4. The number of ether oxygens (including phenoxy) is 1. The Hall–Kier alpha value is -1.71. The number of aliphatic hydroxyl groups is 4. The van der Waals surface area contributed by atoms with Gasteiger partial charge in [-0.3, -0.25) is 24.4 Å². The number of carbonyl (C=O) groups is 1. The number of carbonyl (C=O) groups excluding carboxylic acids is 1. The smallest absolute Gasteiger partial charge is 0.305 e. The van der Waals surface area contributed by atoms with Gasteiger partial charge in [-0.2, -0.15) is 0 Å². The fraction of sp³-hybridized carbons (Fsp3) is 0.838. The standard InChI is InChI=1S/C80H150N4O6S2/c1-6-10-14-18-22-26-30-32-34-36-40-44-48-52-57-78(87)73-84(74-79(88)58-53-49-45-41-37-35-33-31-27-23-19-15-11-7-2)75(5)60-69-91-92-70-67-82-64-62-81(63-65-82)66-68-90-80(89)59-54-61-83(71-76(85)55-50-46-42-38-28-24-20-16-12-8-3)72-77(86)56-51-47-43-39-29-25-21-17-13-9-4/h10-11,14-15,22-23,26-27,32-35,75-79,85-88H,6-9,12-13,16-21,24-25,28-31,36-74H2,1-5H3/b14-10-,15-11-,26-22-,27-23-,34-32-,35-33-. The topological polar surface area (TPSA) is 120 Å². The second-order valence-corrected chi connectivity index (χ2v) is 29.8. The lowest BCUT2D eigenvalue weighted by molar-refractivity contribution is -0.144. The predicted octanol–water partition coefficient (Wildman–Crippen LogP) is 20.2. The summed E-state index contributed by atoms with van der Waals surface area (Å²) >= 11 is 0. The summed E-state index contributed by atoms with van der Waals surface area (Å²) < 4.78 is 5.77. The number of allylic oxidation sites excluding steroid dienone is 12. The Morgan fingerprint density at radius 1 is 0.413 bits per heavy atom. The molecule has 1 fully saturated rings. The molecule has 0 saturated carbocycles. The Morgan fingerprint density at radius 2 is 0.761 bits per heavy atom. The van der Waals surface area contributed by atoms with Gasteiger partial charge in [0.15, 0.2) is 0 Å². The van der Waals surface area contributed by atoms with Crippen molar-refractivity contribution in [3.05, 3.63) is 72.9 Å². The van der Waals surface area contributed by atoms with Crippen LogP contribution in [0.25, 0.3) is 0 Å². The number of esters is 1. The molecule has 0 spiro atoms. The zero-order valence-electron chi connectivity index (χ0n) is 60.8. The summed E-state index contributed by atoms with van der Waals surface area (Å²) in [5.41, 5.74) is 0. The summed E-state index contributed by atoms with van der Waals surface area (Å²) in [5, 5.41) is 44.8. The van der Waals surface area contributed by atoms with Gasteiger partial charge in [-0.05, 0) is 116 Å². The van der Waals surface area contributed by atoms with E-state index < -0.39 is 12.2 Å². The molecule has 0 radical (unpaired) electrons. The summed E-state index contributed by atoms with van der Waals surface area (Å²) in [4.78, 5) is 22.5. The quantitative estimate of drug-likeness (QED) is 0.0201. The molecule has 4 N–H and O–H groups in total. The first kappa shape index (κ1) is 88.3. The van der Waals surface area contributed by atoms with E-state index in [1.165, 1.54) is 141 Å². The third-order valence-corrected chi connectivity index (χ3v) is 20.7. The highest BCUT2D eigenvalue weighted by Crippen LogP contribution is 2.25. The molecule has 92 heavy (non-hydrogen) atoms. The van der Waals surface area contributed by atoms with Crippen LogP contribution in [0, 0.1) is 0 Å². The van der Waals surface area contributed by atoms with Gasteiger partial charge in [-0.1, -0.05) is 289 Å². The lowest BCUT2D eigenvalue weighted by atomic mass is 10.0. The van der Waals surface area contributed by atoms with Crippen molar-refractivity contribution in [2.45, 2.75) is 341 Å². The average Bonchev–Trinajstić information content (AvgIpc) is 3.72. The van der Waals surface area contributed by atoms with E-state index >= 15 is 0 Å². The van der Waals surface area contributed by atoms with Crippen molar-refractivity contribution >= 4 is 27.6 Å². The van der Waals surface area contributed by atoms with Crippen molar-refractivity contribution in [2.24, 2.45) is 0 Å². The average molecular weight is 1330 g/mol. The molecule has 5 unspecified atom stereocenters. The first-order valence-electron chi connectivity index (χ1n) is 39.0. The lowest BCUT2D eigenvalue weighted by Crippen LogP contribution is -2.47. The summed E-state index contributed by atoms with van der Waals surface area (Å²) in [7, 11) is 3.93. The predicted molar refractivity (Wildman–Crippen MR) is 406 cm³/mol. The molecule has 1 aliphatic rings. The maximum absolute atomic E-state index is 13.0. The van der Waals surface area contributed by atoms with E-state index in [0.717, 1.165) is 173 Å². The van der Waals surface area contributed by atoms with E-state index in [-0.39, 0.29) is 24.2 Å². The zero-order valence-corrected chi connectivity index (χ0v) is 62.5. The molecule has 1 rings (SSSR count). The molecule has 0 aliphatic carbocycles. The maximum Gasteiger partial charge on any atom is 0.305 e. The van der Waals surface area contributed by atoms with Crippen LogP contribution in [0.5, 0.6) is 0 Å². The molecule has 0 aromatic rings. The molecule has 0 aromatic carbocycles. The van der Waals surface area contributed by atoms with Crippen molar-refractivity contribution < 1.29 is 30.0 Å². The Morgan fingerprint density at radius 3 is 1.17 bits per heavy atom. The van der Waals surface area contributed by atoms with Gasteiger partial charge in [0.05, 0.1) is 24.4 Å². The Kier molecular flexibility index (Phi) is 66.4. The molecular weight excluding hydrogens is 1180 g/mol. The minimum absolute atomic E-state index is 0.148. The van der Waals surface area contributed by atoms with Gasteiger partial charge in [-0.15, -0.1) is 0 Å². The molecule has 0 amide bonds. The monoisotopic (exact) mass is 1330 g/mol. The number of nitrogens with zero attached hydrogens (tertiary/aromatic N) is 4. The number of hydrogen-bond acceptors (Lipinski definition) is 12. The number of rotatable bonds is 69. The molecule has 12 heteroatoms.